The molecule has 0 spiro atoms. The van der Waals surface area contributed by atoms with Crippen LogP contribution in [0.5, 0.6) is 0 Å². The third kappa shape index (κ3) is 2.77. The molecule has 0 saturated carbocycles. The smallest absolute Gasteiger partial charge is 0.272 e. The second-order valence-corrected chi connectivity index (χ2v) is 7.26. The Morgan fingerprint density at radius 1 is 1.25 bits per heavy atom. The monoisotopic (exact) mass is 376 g/mol. The van der Waals surface area contributed by atoms with Crippen LogP contribution in [0.3, 0.4) is 0 Å². The first kappa shape index (κ1) is 16.7. The molecule has 28 heavy (non-hydrogen) atoms. The lowest BCUT2D eigenvalue weighted by Gasteiger charge is -2.23. The highest BCUT2D eigenvalue weighted by molar-refractivity contribution is 5.81. The Kier molecular flexibility index (Phi) is 3.78. The van der Waals surface area contributed by atoms with Crippen molar-refractivity contribution in [3.05, 3.63) is 64.0 Å². The number of rotatable bonds is 3. The molecule has 8 nitrogen and oxygen atoms in total. The van der Waals surface area contributed by atoms with Crippen LogP contribution in [-0.2, 0) is 11.2 Å². The number of fused-ring (bicyclic) bond motifs is 2. The minimum atomic E-state index is -0.146. The van der Waals surface area contributed by atoms with E-state index in [1.807, 2.05) is 35.2 Å². The van der Waals surface area contributed by atoms with Gasteiger partial charge in [-0.3, -0.25) is 14.7 Å². The SMILES string of the molecule is Cc1cc(=O)n2[nH]c(C3CCCN3C(=O)Cc3nc4ccccc4[nH]3)cc2n1. The van der Waals surface area contributed by atoms with E-state index in [1.54, 1.807) is 6.92 Å². The Morgan fingerprint density at radius 3 is 2.96 bits per heavy atom. The minimum absolute atomic E-state index is 0.0247. The molecular weight excluding hydrogens is 356 g/mol. The van der Waals surface area contributed by atoms with Crippen molar-refractivity contribution in [3.8, 4) is 0 Å². The molecule has 1 unspecified atom stereocenters. The highest BCUT2D eigenvalue weighted by atomic mass is 16.2. The van der Waals surface area contributed by atoms with E-state index in [0.717, 1.165) is 29.6 Å². The second-order valence-electron chi connectivity index (χ2n) is 7.26. The van der Waals surface area contributed by atoms with Gasteiger partial charge < -0.3 is 9.88 Å². The first-order valence-electron chi connectivity index (χ1n) is 9.41. The molecule has 1 saturated heterocycles. The fraction of sp³-hybridized carbons (Fsp3) is 0.300. The number of nitrogens with one attached hydrogen (secondary N) is 2. The molecule has 4 heterocycles. The van der Waals surface area contributed by atoms with Gasteiger partial charge in [-0.1, -0.05) is 12.1 Å². The third-order valence-electron chi connectivity index (χ3n) is 5.29. The maximum Gasteiger partial charge on any atom is 0.272 e. The minimum Gasteiger partial charge on any atom is -0.342 e. The van der Waals surface area contributed by atoms with Crippen LogP contribution < -0.4 is 5.56 Å². The Morgan fingerprint density at radius 2 is 2.11 bits per heavy atom. The van der Waals surface area contributed by atoms with Gasteiger partial charge in [-0.25, -0.2) is 14.5 Å². The van der Waals surface area contributed by atoms with Gasteiger partial charge in [0.15, 0.2) is 5.65 Å². The van der Waals surface area contributed by atoms with Gasteiger partial charge >= 0.3 is 0 Å². The molecule has 4 aromatic rings. The first-order valence-corrected chi connectivity index (χ1v) is 9.41. The fourth-order valence-corrected chi connectivity index (χ4v) is 4.02. The van der Waals surface area contributed by atoms with Gasteiger partial charge in [0.1, 0.15) is 5.82 Å². The molecule has 1 aromatic carbocycles. The molecule has 1 aliphatic heterocycles. The van der Waals surface area contributed by atoms with Gasteiger partial charge in [0.2, 0.25) is 5.91 Å². The van der Waals surface area contributed by atoms with Crippen LogP contribution >= 0.6 is 0 Å². The number of aryl methyl sites for hydroxylation is 1. The van der Waals surface area contributed by atoms with Gasteiger partial charge in [0.05, 0.1) is 29.2 Å². The van der Waals surface area contributed by atoms with E-state index in [9.17, 15) is 9.59 Å². The number of aromatic amines is 2. The van der Waals surface area contributed by atoms with Crippen molar-refractivity contribution in [2.24, 2.45) is 0 Å². The molecule has 0 bridgehead atoms. The van der Waals surface area contributed by atoms with Crippen LogP contribution in [0.25, 0.3) is 16.7 Å². The van der Waals surface area contributed by atoms with E-state index in [2.05, 4.69) is 20.1 Å². The molecular formula is C20H20N6O2. The molecule has 1 aliphatic rings. The average molecular weight is 376 g/mol. The first-order chi connectivity index (χ1) is 13.6. The number of carbonyl (C=O) groups is 1. The molecule has 1 atom stereocenters. The highest BCUT2D eigenvalue weighted by Gasteiger charge is 2.31. The van der Waals surface area contributed by atoms with Gasteiger partial charge in [-0.2, -0.15) is 0 Å². The van der Waals surface area contributed by atoms with Gasteiger partial charge in [0, 0.05) is 24.4 Å². The third-order valence-corrected chi connectivity index (χ3v) is 5.29. The van der Waals surface area contributed by atoms with E-state index in [0.29, 0.717) is 23.7 Å². The molecule has 8 heteroatoms. The Hall–Kier alpha value is -3.42. The quantitative estimate of drug-likeness (QED) is 0.572. The number of amides is 1. The Balaban J connectivity index is 1.42. The Bertz CT molecular complexity index is 1220. The molecule has 5 rings (SSSR count). The average Bonchev–Trinajstić information content (AvgIpc) is 3.38. The number of hydrogen-bond donors (Lipinski definition) is 2. The lowest BCUT2D eigenvalue weighted by Crippen LogP contribution is -2.32. The zero-order valence-corrected chi connectivity index (χ0v) is 15.5. The number of H-pyrrole nitrogens is 2. The second kappa shape index (κ2) is 6.33. The molecule has 2 N–H and O–H groups in total. The zero-order valence-electron chi connectivity index (χ0n) is 15.5. The standard InChI is InChI=1S/C20H20N6O2/c1-12-9-20(28)26-18(21-12)10-15(24-26)16-7-4-8-25(16)19(27)11-17-22-13-5-2-3-6-14(13)23-17/h2-3,5-6,9-10,16,24H,4,7-8,11H2,1H3,(H,22,23). The van der Waals surface area contributed by atoms with Crippen LogP contribution in [0.1, 0.15) is 36.1 Å². The van der Waals surface area contributed by atoms with Crippen molar-refractivity contribution in [2.45, 2.75) is 32.2 Å². The number of hydrogen-bond acceptors (Lipinski definition) is 4. The summed E-state index contributed by atoms with van der Waals surface area (Å²) < 4.78 is 1.43. The molecule has 1 amide bonds. The number of nitrogens with zero attached hydrogens (tertiary/aromatic N) is 4. The van der Waals surface area contributed by atoms with Crippen LogP contribution in [-0.4, -0.2) is 41.9 Å². The van der Waals surface area contributed by atoms with E-state index >= 15 is 0 Å². The maximum atomic E-state index is 13.0. The number of benzene rings is 1. The number of carbonyl (C=O) groups excluding carboxylic acids is 1. The van der Waals surface area contributed by atoms with Crippen LogP contribution in [0.2, 0.25) is 0 Å². The summed E-state index contributed by atoms with van der Waals surface area (Å²) in [7, 11) is 0. The van der Waals surface area contributed by atoms with Crippen LogP contribution in [0.4, 0.5) is 0 Å². The zero-order chi connectivity index (χ0) is 19.3. The molecule has 1 fully saturated rings. The summed E-state index contributed by atoms with van der Waals surface area (Å²) in [6, 6.07) is 11.0. The lowest BCUT2D eigenvalue weighted by atomic mass is 10.1. The van der Waals surface area contributed by atoms with Crippen molar-refractivity contribution in [1.82, 2.24) is 29.5 Å². The predicted octanol–water partition coefficient (Wildman–Crippen LogP) is 2.11. The fourth-order valence-electron chi connectivity index (χ4n) is 4.02. The molecule has 0 radical (unpaired) electrons. The highest BCUT2D eigenvalue weighted by Crippen LogP contribution is 2.31. The van der Waals surface area contributed by atoms with Crippen LogP contribution in [0.15, 0.2) is 41.2 Å². The van der Waals surface area contributed by atoms with E-state index in [1.165, 1.54) is 10.6 Å². The largest absolute Gasteiger partial charge is 0.342 e. The summed E-state index contributed by atoms with van der Waals surface area (Å²) in [5.41, 5.74) is 3.74. The van der Waals surface area contributed by atoms with E-state index in [4.69, 9.17) is 0 Å². The summed E-state index contributed by atoms with van der Waals surface area (Å²) in [5, 5.41) is 3.13. The van der Waals surface area contributed by atoms with Gasteiger partial charge in [-0.15, -0.1) is 0 Å². The summed E-state index contributed by atoms with van der Waals surface area (Å²) in [6.07, 6.45) is 2.00. The summed E-state index contributed by atoms with van der Waals surface area (Å²) in [5.74, 6) is 0.693. The van der Waals surface area contributed by atoms with Crippen LogP contribution in [0, 0.1) is 6.92 Å². The number of imidazole rings is 1. The molecule has 0 aliphatic carbocycles. The van der Waals surface area contributed by atoms with E-state index in [-0.39, 0.29) is 23.9 Å². The van der Waals surface area contributed by atoms with Gasteiger partial charge in [-0.05, 0) is 31.9 Å². The predicted molar refractivity (Wildman–Crippen MR) is 104 cm³/mol. The number of likely N-dealkylation sites (tertiary alicyclic amines) is 1. The topological polar surface area (TPSA) is 99.1 Å². The van der Waals surface area contributed by atoms with Crippen molar-refractivity contribution in [1.29, 1.82) is 0 Å². The van der Waals surface area contributed by atoms with Gasteiger partial charge in [0.25, 0.3) is 5.56 Å². The van der Waals surface area contributed by atoms with Crippen molar-refractivity contribution in [2.75, 3.05) is 6.54 Å². The Labute approximate surface area is 160 Å². The molecule has 3 aromatic heterocycles. The summed E-state index contributed by atoms with van der Waals surface area (Å²) >= 11 is 0. The number of aromatic nitrogens is 5. The maximum absolute atomic E-state index is 13.0. The van der Waals surface area contributed by atoms with Crippen molar-refractivity contribution < 1.29 is 4.79 Å². The summed E-state index contributed by atoms with van der Waals surface area (Å²) in [6.45, 7) is 2.49. The van der Waals surface area contributed by atoms with Crippen molar-refractivity contribution >= 4 is 22.6 Å². The number of para-hydroxylation sites is 2. The lowest BCUT2D eigenvalue weighted by molar-refractivity contribution is -0.131. The van der Waals surface area contributed by atoms with Crippen molar-refractivity contribution in [3.63, 3.8) is 0 Å². The van der Waals surface area contributed by atoms with E-state index < -0.39 is 0 Å². The molecule has 142 valence electrons. The normalized spacial score (nSPS) is 17.0. The summed E-state index contributed by atoms with van der Waals surface area (Å²) in [4.78, 5) is 39.2.